The molecule has 0 fully saturated rings. The van der Waals surface area contributed by atoms with Gasteiger partial charge in [-0.05, 0) is 17.7 Å². The molecule has 8 nitrogen and oxygen atoms in total. The normalized spacial score (nSPS) is 11.1. The molecular weight excluding hydrogens is 442 g/mol. The highest BCUT2D eigenvalue weighted by atomic mass is 35.5. The Bertz CT molecular complexity index is 1380. The maximum absolute atomic E-state index is 12.9. The first kappa shape index (κ1) is 22.6. The molecular formula is C24H24ClN5O3. The van der Waals surface area contributed by atoms with E-state index in [1.54, 1.807) is 24.3 Å². The van der Waals surface area contributed by atoms with E-state index < -0.39 is 11.2 Å². The second kappa shape index (κ2) is 9.89. The van der Waals surface area contributed by atoms with Gasteiger partial charge in [-0.15, -0.1) is 0 Å². The summed E-state index contributed by atoms with van der Waals surface area (Å²) in [5.41, 5.74) is 7.85. The number of nitrogen functional groups attached to an aromatic ring is 1. The summed E-state index contributed by atoms with van der Waals surface area (Å²) in [6.07, 6.45) is 1.70. The van der Waals surface area contributed by atoms with Crippen LogP contribution in [0.25, 0.3) is 10.9 Å². The minimum Gasteiger partial charge on any atom is -0.383 e. The molecule has 0 saturated carbocycles. The van der Waals surface area contributed by atoms with Crippen LogP contribution in [0.5, 0.6) is 0 Å². The molecule has 2 aromatic carbocycles. The molecule has 0 aliphatic heterocycles. The van der Waals surface area contributed by atoms with Gasteiger partial charge in [0.1, 0.15) is 11.5 Å². The number of hydrogen-bond acceptors (Lipinski definition) is 6. The lowest BCUT2D eigenvalue weighted by Gasteiger charge is -2.27. The number of halogens is 1. The average molecular weight is 466 g/mol. The number of aromatic nitrogens is 3. The van der Waals surface area contributed by atoms with Gasteiger partial charge in [0.05, 0.1) is 18.7 Å². The number of ether oxygens (including phenoxy) is 1. The highest BCUT2D eigenvalue weighted by Gasteiger charge is 2.21. The summed E-state index contributed by atoms with van der Waals surface area (Å²) >= 11 is 6.54. The predicted octanol–water partition coefficient (Wildman–Crippen LogP) is 3.02. The lowest BCUT2D eigenvalue weighted by molar-refractivity contribution is 0.205. The van der Waals surface area contributed by atoms with E-state index >= 15 is 0 Å². The number of anilines is 2. The van der Waals surface area contributed by atoms with Crippen molar-refractivity contribution in [2.75, 3.05) is 30.9 Å². The van der Waals surface area contributed by atoms with E-state index in [-0.39, 0.29) is 24.6 Å². The van der Waals surface area contributed by atoms with Gasteiger partial charge in [-0.1, -0.05) is 54.1 Å². The largest absolute Gasteiger partial charge is 0.383 e. The first-order valence-electron chi connectivity index (χ1n) is 10.4. The van der Waals surface area contributed by atoms with Crippen LogP contribution in [0.3, 0.4) is 0 Å². The van der Waals surface area contributed by atoms with Crippen LogP contribution in [0.15, 0.2) is 70.4 Å². The number of benzene rings is 2. The van der Waals surface area contributed by atoms with Crippen LogP contribution in [0.4, 0.5) is 11.5 Å². The summed E-state index contributed by atoms with van der Waals surface area (Å²) in [4.78, 5) is 34.2. The molecule has 0 amide bonds. The third kappa shape index (κ3) is 4.76. The predicted molar refractivity (Wildman–Crippen MR) is 131 cm³/mol. The summed E-state index contributed by atoms with van der Waals surface area (Å²) < 4.78 is 6.62. The zero-order chi connectivity index (χ0) is 23.4. The minimum atomic E-state index is -0.568. The topological polar surface area (TPSA) is 106 Å². The summed E-state index contributed by atoms with van der Waals surface area (Å²) in [6.45, 7) is 1.18. The molecule has 0 aliphatic rings. The summed E-state index contributed by atoms with van der Waals surface area (Å²) in [5, 5.41) is 1.45. The standard InChI is InChI=1S/C24H24ClN5O3/c1-33-13-12-29(15-18-19(25)10-9-17-8-5-11-27-20(17)18)21-22(26)30(24(32)28-23(21)31)14-16-6-3-2-4-7-16/h2-11H,12-15,26H2,1H3,(H,28,31,32). The fraction of sp³-hybridized carbons (Fsp3) is 0.208. The van der Waals surface area contributed by atoms with E-state index in [0.29, 0.717) is 18.2 Å². The van der Waals surface area contributed by atoms with Crippen LogP contribution in [0.1, 0.15) is 11.1 Å². The van der Waals surface area contributed by atoms with Gasteiger partial charge in [0, 0.05) is 42.4 Å². The lowest BCUT2D eigenvalue weighted by Crippen LogP contribution is -2.39. The van der Waals surface area contributed by atoms with Crippen LogP contribution >= 0.6 is 11.6 Å². The van der Waals surface area contributed by atoms with Gasteiger partial charge in [0.15, 0.2) is 0 Å². The Kier molecular flexibility index (Phi) is 6.76. The molecule has 4 aromatic rings. The van der Waals surface area contributed by atoms with Crippen LogP contribution in [-0.2, 0) is 17.8 Å². The molecule has 9 heteroatoms. The number of nitrogens with zero attached hydrogens (tertiary/aromatic N) is 3. The van der Waals surface area contributed by atoms with Gasteiger partial charge in [0.2, 0.25) is 0 Å². The number of aromatic amines is 1. The van der Waals surface area contributed by atoms with Crippen molar-refractivity contribution < 1.29 is 4.74 Å². The molecule has 4 rings (SSSR count). The Labute approximate surface area is 195 Å². The van der Waals surface area contributed by atoms with Crippen LogP contribution < -0.4 is 21.9 Å². The zero-order valence-corrected chi connectivity index (χ0v) is 18.9. The highest BCUT2D eigenvalue weighted by molar-refractivity contribution is 6.32. The van der Waals surface area contributed by atoms with Gasteiger partial charge < -0.3 is 15.4 Å². The number of nitrogens with one attached hydrogen (secondary N) is 1. The van der Waals surface area contributed by atoms with Crippen molar-refractivity contribution in [1.29, 1.82) is 0 Å². The minimum absolute atomic E-state index is 0.0769. The van der Waals surface area contributed by atoms with Crippen LogP contribution in [0.2, 0.25) is 5.02 Å². The highest BCUT2D eigenvalue weighted by Crippen LogP contribution is 2.28. The number of fused-ring (bicyclic) bond motifs is 1. The average Bonchev–Trinajstić information content (AvgIpc) is 2.82. The molecule has 170 valence electrons. The molecule has 2 heterocycles. The second-order valence-electron chi connectivity index (χ2n) is 7.58. The zero-order valence-electron chi connectivity index (χ0n) is 18.1. The molecule has 0 atom stereocenters. The van der Waals surface area contributed by atoms with E-state index in [1.165, 1.54) is 4.57 Å². The van der Waals surface area contributed by atoms with Crippen molar-refractivity contribution in [2.24, 2.45) is 0 Å². The number of methoxy groups -OCH3 is 1. The number of rotatable bonds is 8. The fourth-order valence-electron chi connectivity index (χ4n) is 3.80. The molecule has 0 saturated heterocycles. The van der Waals surface area contributed by atoms with Gasteiger partial charge >= 0.3 is 5.69 Å². The van der Waals surface area contributed by atoms with E-state index in [9.17, 15) is 9.59 Å². The van der Waals surface area contributed by atoms with E-state index in [1.807, 2.05) is 48.5 Å². The lowest BCUT2D eigenvalue weighted by atomic mass is 10.1. The number of H-pyrrole nitrogens is 1. The number of hydrogen-bond donors (Lipinski definition) is 2. The Morgan fingerprint density at radius 1 is 1.12 bits per heavy atom. The summed E-state index contributed by atoms with van der Waals surface area (Å²) in [5.74, 6) is 0.0769. The first-order chi connectivity index (χ1) is 16.0. The maximum Gasteiger partial charge on any atom is 0.330 e. The van der Waals surface area contributed by atoms with Crippen molar-refractivity contribution in [3.8, 4) is 0 Å². The second-order valence-corrected chi connectivity index (χ2v) is 7.99. The van der Waals surface area contributed by atoms with Crippen molar-refractivity contribution in [3.05, 3.63) is 97.8 Å². The van der Waals surface area contributed by atoms with Crippen LogP contribution in [-0.4, -0.2) is 34.8 Å². The van der Waals surface area contributed by atoms with Gasteiger partial charge in [-0.3, -0.25) is 19.3 Å². The summed E-state index contributed by atoms with van der Waals surface area (Å²) in [6, 6.07) is 16.9. The fourth-order valence-corrected chi connectivity index (χ4v) is 4.01. The Hall–Kier alpha value is -3.62. The van der Waals surface area contributed by atoms with Crippen molar-refractivity contribution >= 4 is 34.0 Å². The molecule has 2 aromatic heterocycles. The van der Waals surface area contributed by atoms with E-state index in [0.717, 1.165) is 22.0 Å². The Morgan fingerprint density at radius 3 is 2.67 bits per heavy atom. The monoisotopic (exact) mass is 465 g/mol. The number of pyridine rings is 1. The number of nitrogens with two attached hydrogens (primary N) is 1. The quantitative estimate of drug-likeness (QED) is 0.414. The molecule has 0 aliphatic carbocycles. The Morgan fingerprint density at radius 2 is 1.91 bits per heavy atom. The maximum atomic E-state index is 12.9. The van der Waals surface area contributed by atoms with E-state index in [4.69, 9.17) is 22.1 Å². The van der Waals surface area contributed by atoms with Crippen molar-refractivity contribution in [3.63, 3.8) is 0 Å². The molecule has 0 unspecified atom stereocenters. The molecule has 3 N–H and O–H groups in total. The molecule has 0 spiro atoms. The first-order valence-corrected chi connectivity index (χ1v) is 10.8. The molecule has 0 bridgehead atoms. The third-order valence-electron chi connectivity index (χ3n) is 5.45. The Balaban J connectivity index is 1.81. The van der Waals surface area contributed by atoms with Gasteiger partial charge in [-0.25, -0.2) is 4.79 Å². The van der Waals surface area contributed by atoms with Crippen molar-refractivity contribution in [2.45, 2.75) is 13.1 Å². The van der Waals surface area contributed by atoms with Crippen LogP contribution in [0, 0.1) is 0 Å². The smallest absolute Gasteiger partial charge is 0.330 e. The SMILES string of the molecule is COCCN(Cc1c(Cl)ccc2cccnc12)c1c(N)n(Cc2ccccc2)c(=O)[nH]c1=O. The summed E-state index contributed by atoms with van der Waals surface area (Å²) in [7, 11) is 1.58. The third-order valence-corrected chi connectivity index (χ3v) is 5.80. The van der Waals surface area contributed by atoms with E-state index in [2.05, 4.69) is 9.97 Å². The van der Waals surface area contributed by atoms with Gasteiger partial charge in [0.25, 0.3) is 5.56 Å². The molecule has 33 heavy (non-hydrogen) atoms. The van der Waals surface area contributed by atoms with Crippen molar-refractivity contribution in [1.82, 2.24) is 14.5 Å². The molecule has 0 radical (unpaired) electrons. The van der Waals surface area contributed by atoms with Gasteiger partial charge in [-0.2, -0.15) is 0 Å².